The second kappa shape index (κ2) is 17.7. The Bertz CT molecular complexity index is 991. The number of anilines is 1. The first-order chi connectivity index (χ1) is 19.9. The van der Waals surface area contributed by atoms with Crippen LogP contribution in [0.15, 0.2) is 30.9 Å². The van der Waals surface area contributed by atoms with Gasteiger partial charge in [-0.15, -0.1) is 6.58 Å². The summed E-state index contributed by atoms with van der Waals surface area (Å²) in [5, 5.41) is 0.0722. The van der Waals surface area contributed by atoms with Crippen LogP contribution in [0.5, 0.6) is 5.75 Å². The van der Waals surface area contributed by atoms with Crippen LogP contribution in [0.4, 0.5) is 5.69 Å². The normalized spacial score (nSPS) is 17.1. The molecular formula is C33H55NO7Si. The Kier molecular flexibility index (Phi) is 15.1. The summed E-state index contributed by atoms with van der Waals surface area (Å²) in [6.45, 7) is 20.0. The van der Waals surface area contributed by atoms with E-state index in [2.05, 4.69) is 40.4 Å². The Morgan fingerprint density at radius 2 is 1.76 bits per heavy atom. The van der Waals surface area contributed by atoms with Gasteiger partial charge in [-0.1, -0.05) is 59.6 Å². The van der Waals surface area contributed by atoms with Crippen molar-refractivity contribution in [2.45, 2.75) is 123 Å². The van der Waals surface area contributed by atoms with Gasteiger partial charge in [-0.2, -0.15) is 0 Å². The van der Waals surface area contributed by atoms with Crippen LogP contribution in [0.3, 0.4) is 0 Å². The fourth-order valence-electron chi connectivity index (χ4n) is 4.33. The lowest BCUT2D eigenvalue weighted by atomic mass is 10.1. The molecule has 1 aliphatic rings. The molecule has 9 heteroatoms. The number of carbonyl (C=O) groups is 2. The van der Waals surface area contributed by atoms with Crippen LogP contribution in [-0.4, -0.2) is 59.0 Å². The second-order valence-corrected chi connectivity index (χ2v) is 17.4. The molecule has 1 saturated carbocycles. The van der Waals surface area contributed by atoms with Crippen LogP contribution in [0.2, 0.25) is 18.1 Å². The third kappa shape index (κ3) is 11.7. The zero-order valence-electron chi connectivity index (χ0n) is 27.2. The average molecular weight is 606 g/mol. The molecule has 8 nitrogen and oxygen atoms in total. The lowest BCUT2D eigenvalue weighted by molar-refractivity contribution is -0.146. The predicted molar refractivity (Wildman–Crippen MR) is 170 cm³/mol. The molecule has 1 aromatic carbocycles. The average Bonchev–Trinajstić information content (AvgIpc) is 3.38. The highest BCUT2D eigenvalue weighted by molar-refractivity contribution is 6.74. The Morgan fingerprint density at radius 3 is 2.43 bits per heavy atom. The molecule has 0 saturated heterocycles. The first-order valence-corrected chi connectivity index (χ1v) is 18.5. The molecule has 0 aromatic heterocycles. The van der Waals surface area contributed by atoms with Gasteiger partial charge in [0.1, 0.15) is 18.4 Å². The highest BCUT2D eigenvalue weighted by Gasteiger charge is 2.37. The van der Waals surface area contributed by atoms with Crippen LogP contribution < -0.4 is 9.64 Å². The third-order valence-corrected chi connectivity index (χ3v) is 12.5. The third-order valence-electron chi connectivity index (χ3n) is 8.07. The summed E-state index contributed by atoms with van der Waals surface area (Å²) < 4.78 is 30.2. The van der Waals surface area contributed by atoms with Crippen LogP contribution in [0, 0.1) is 0 Å². The number of unbranched alkanes of at least 4 members (excludes halogenated alkanes) is 2. The number of hydrogen-bond donors (Lipinski definition) is 0. The van der Waals surface area contributed by atoms with E-state index in [9.17, 15) is 9.59 Å². The van der Waals surface area contributed by atoms with E-state index in [1.807, 2.05) is 32.0 Å². The lowest BCUT2D eigenvalue weighted by Gasteiger charge is -2.36. The Morgan fingerprint density at radius 1 is 1.05 bits per heavy atom. The molecule has 0 bridgehead atoms. The number of ether oxygens (including phenoxy) is 4. The van der Waals surface area contributed by atoms with Crippen LogP contribution in [-0.2, 0) is 34.8 Å². The molecule has 1 aliphatic carbocycles. The maximum absolute atomic E-state index is 12.9. The molecule has 0 radical (unpaired) electrons. The van der Waals surface area contributed by atoms with Gasteiger partial charge < -0.3 is 28.3 Å². The number of carbonyl (C=O) groups excluding carboxylic acids is 2. The van der Waals surface area contributed by atoms with Crippen molar-refractivity contribution >= 4 is 25.9 Å². The smallest absolute Gasteiger partial charge is 0.325 e. The fraction of sp³-hybridized carbons (Fsp3) is 0.697. The minimum atomic E-state index is -2.00. The molecule has 2 atom stereocenters. The minimum Gasteiger partial charge on any atom is -0.486 e. The number of esters is 2. The minimum absolute atomic E-state index is 0.0447. The van der Waals surface area contributed by atoms with Crippen molar-refractivity contribution in [3.05, 3.63) is 36.4 Å². The van der Waals surface area contributed by atoms with Gasteiger partial charge in [0.25, 0.3) is 0 Å². The summed E-state index contributed by atoms with van der Waals surface area (Å²) in [4.78, 5) is 27.1. The highest BCUT2D eigenvalue weighted by Crippen LogP contribution is 2.38. The van der Waals surface area contributed by atoms with Gasteiger partial charge in [0.2, 0.25) is 0 Å². The molecule has 0 spiro atoms. The summed E-state index contributed by atoms with van der Waals surface area (Å²) in [6.07, 6.45) is 8.04. The van der Waals surface area contributed by atoms with E-state index in [4.69, 9.17) is 23.4 Å². The first kappa shape index (κ1) is 35.8. The van der Waals surface area contributed by atoms with Gasteiger partial charge >= 0.3 is 11.9 Å². The van der Waals surface area contributed by atoms with Crippen molar-refractivity contribution in [1.29, 1.82) is 0 Å². The summed E-state index contributed by atoms with van der Waals surface area (Å²) >= 11 is 0. The maximum atomic E-state index is 12.9. The Hall–Kier alpha value is -2.36. The number of nitrogens with zero attached hydrogens (tertiary/aromatic N) is 1. The van der Waals surface area contributed by atoms with Crippen LogP contribution in [0.25, 0.3) is 0 Å². The fourth-order valence-corrected chi connectivity index (χ4v) is 5.29. The van der Waals surface area contributed by atoms with Crippen LogP contribution in [0.1, 0.15) is 91.5 Å². The largest absolute Gasteiger partial charge is 0.486 e. The highest BCUT2D eigenvalue weighted by atomic mass is 28.4. The van der Waals surface area contributed by atoms with Crippen molar-refractivity contribution < 1.29 is 33.0 Å². The van der Waals surface area contributed by atoms with Crippen molar-refractivity contribution in [3.8, 4) is 5.75 Å². The molecule has 2 rings (SSSR count). The summed E-state index contributed by atoms with van der Waals surface area (Å²) in [6, 6.07) is 5.92. The molecule has 0 aliphatic heterocycles. The van der Waals surface area contributed by atoms with Gasteiger partial charge in [-0.25, -0.2) is 0 Å². The molecule has 238 valence electrons. The van der Waals surface area contributed by atoms with Crippen LogP contribution >= 0.6 is 0 Å². The van der Waals surface area contributed by atoms with Gasteiger partial charge in [0.15, 0.2) is 15.0 Å². The number of rotatable bonds is 19. The van der Waals surface area contributed by atoms with Crippen molar-refractivity contribution in [1.82, 2.24) is 0 Å². The van der Waals surface area contributed by atoms with Crippen molar-refractivity contribution in [2.24, 2.45) is 0 Å². The molecule has 1 aromatic rings. The van der Waals surface area contributed by atoms with Gasteiger partial charge in [0.05, 0.1) is 31.6 Å². The van der Waals surface area contributed by atoms with E-state index in [-0.39, 0.29) is 42.5 Å². The molecule has 42 heavy (non-hydrogen) atoms. The molecule has 1 fully saturated rings. The topological polar surface area (TPSA) is 83.5 Å². The molecule has 0 amide bonds. The van der Waals surface area contributed by atoms with E-state index in [1.165, 1.54) is 0 Å². The lowest BCUT2D eigenvalue weighted by Crippen LogP contribution is -2.40. The standard InChI is InChI=1S/C33H55NO7Si/c1-9-12-17-31(35)39-25-34(23-32(36)38-21-13-10-2)27-22-26(24-40-42(7,8)33(4,5)6)18-19-28(27)41-30-16-14-15-29(30)37-20-11-3/h11,18-19,22,29-30H,3,9-10,12-17,20-21,23-25H2,1-2,4-8H3/t29-,30-/m0/s1. The molecule has 0 N–H and O–H groups in total. The quantitative estimate of drug-likeness (QED) is 0.0525. The molecule has 0 unspecified atom stereocenters. The SMILES string of the molecule is C=CCO[C@H]1CCC[C@@H]1Oc1ccc(CO[Si](C)(C)C(C)(C)C)cc1N(COC(=O)CCCC)CC(=O)OCCCC. The summed E-state index contributed by atoms with van der Waals surface area (Å²) in [5.74, 6) is -0.0686. The van der Waals surface area contributed by atoms with E-state index in [1.54, 1.807) is 11.0 Å². The second-order valence-electron chi connectivity index (χ2n) is 12.6. The first-order valence-electron chi connectivity index (χ1n) is 15.6. The van der Waals surface area contributed by atoms with Crippen molar-refractivity contribution in [3.63, 3.8) is 0 Å². The van der Waals surface area contributed by atoms with Gasteiger partial charge in [-0.3, -0.25) is 9.59 Å². The van der Waals surface area contributed by atoms with E-state index in [0.717, 1.165) is 50.5 Å². The maximum Gasteiger partial charge on any atom is 0.325 e. The molecular weight excluding hydrogens is 550 g/mol. The summed E-state index contributed by atoms with van der Waals surface area (Å²) in [5.41, 5.74) is 1.62. The predicted octanol–water partition coefficient (Wildman–Crippen LogP) is 7.55. The van der Waals surface area contributed by atoms with Gasteiger partial charge in [0, 0.05) is 6.42 Å². The number of benzene rings is 1. The van der Waals surface area contributed by atoms with E-state index in [0.29, 0.717) is 37.7 Å². The van der Waals surface area contributed by atoms with Crippen molar-refractivity contribution in [2.75, 3.05) is 31.4 Å². The zero-order chi connectivity index (χ0) is 31.2. The van der Waals surface area contributed by atoms with Gasteiger partial charge in [-0.05, 0) is 67.9 Å². The monoisotopic (exact) mass is 605 g/mol. The zero-order valence-corrected chi connectivity index (χ0v) is 28.2. The summed E-state index contributed by atoms with van der Waals surface area (Å²) in [7, 11) is -2.00. The Labute approximate surface area is 255 Å². The van der Waals surface area contributed by atoms with E-state index >= 15 is 0 Å². The molecule has 0 heterocycles. The van der Waals surface area contributed by atoms with E-state index < -0.39 is 8.32 Å². The Balaban J connectivity index is 2.41. The number of hydrogen-bond acceptors (Lipinski definition) is 8.